The molecule has 0 aliphatic rings. The molecule has 0 heterocycles. The number of anilines is 1. The second-order valence-electron chi connectivity index (χ2n) is 6.69. The number of amides is 1. The predicted octanol–water partition coefficient (Wildman–Crippen LogP) is 4.13. The van der Waals surface area contributed by atoms with Crippen molar-refractivity contribution in [2.75, 3.05) is 17.1 Å². The molecule has 0 saturated carbocycles. The molecule has 5 nitrogen and oxygen atoms in total. The second kappa shape index (κ2) is 9.30. The molecule has 29 heavy (non-hydrogen) atoms. The van der Waals surface area contributed by atoms with Gasteiger partial charge in [0.25, 0.3) is 0 Å². The van der Waals surface area contributed by atoms with Crippen LogP contribution >= 0.6 is 0 Å². The molecule has 9 heteroatoms. The van der Waals surface area contributed by atoms with Gasteiger partial charge in [-0.05, 0) is 37.1 Å². The van der Waals surface area contributed by atoms with Gasteiger partial charge in [-0.25, -0.2) is 8.42 Å². The van der Waals surface area contributed by atoms with Crippen LogP contribution < -0.4 is 9.62 Å². The number of alkyl halides is 3. The number of hydrogen-bond donors (Lipinski definition) is 1. The van der Waals surface area contributed by atoms with Crippen LogP contribution in [0, 0.1) is 0 Å². The third-order valence-corrected chi connectivity index (χ3v) is 5.50. The molecule has 1 atom stereocenters. The lowest BCUT2D eigenvalue weighted by molar-refractivity contribution is -0.137. The minimum absolute atomic E-state index is 0.0438. The Hall–Kier alpha value is -2.55. The molecule has 0 saturated heterocycles. The van der Waals surface area contributed by atoms with Gasteiger partial charge in [0.2, 0.25) is 15.9 Å². The van der Waals surface area contributed by atoms with Crippen molar-refractivity contribution in [2.24, 2.45) is 0 Å². The van der Waals surface area contributed by atoms with E-state index >= 15 is 0 Å². The highest BCUT2D eigenvalue weighted by Crippen LogP contribution is 2.32. The van der Waals surface area contributed by atoms with E-state index in [1.54, 1.807) is 0 Å². The fourth-order valence-electron chi connectivity index (χ4n) is 2.85. The maximum Gasteiger partial charge on any atom is 0.416 e. The van der Waals surface area contributed by atoms with Crippen LogP contribution in [0.5, 0.6) is 0 Å². The van der Waals surface area contributed by atoms with E-state index in [1.165, 1.54) is 6.07 Å². The summed E-state index contributed by atoms with van der Waals surface area (Å²) in [5, 5.41) is 2.82. The summed E-state index contributed by atoms with van der Waals surface area (Å²) in [5.41, 5.74) is -0.0824. The summed E-state index contributed by atoms with van der Waals surface area (Å²) in [6.45, 7) is 1.73. The van der Waals surface area contributed by atoms with Crippen LogP contribution in [-0.4, -0.2) is 27.1 Å². The van der Waals surface area contributed by atoms with Crippen molar-refractivity contribution in [2.45, 2.75) is 32.0 Å². The average molecular weight is 428 g/mol. The van der Waals surface area contributed by atoms with Gasteiger partial charge >= 0.3 is 6.18 Å². The Labute approximate surface area is 168 Å². The maximum atomic E-state index is 12.9. The van der Waals surface area contributed by atoms with Crippen molar-refractivity contribution in [3.63, 3.8) is 0 Å². The third kappa shape index (κ3) is 6.77. The summed E-state index contributed by atoms with van der Waals surface area (Å²) < 4.78 is 63.8. The number of sulfonamides is 1. The highest BCUT2D eigenvalue weighted by Gasteiger charge is 2.31. The average Bonchev–Trinajstić information content (AvgIpc) is 2.64. The van der Waals surface area contributed by atoms with Gasteiger partial charge in [0, 0.05) is 13.0 Å². The van der Waals surface area contributed by atoms with Crippen LogP contribution in [0.25, 0.3) is 0 Å². The van der Waals surface area contributed by atoms with E-state index in [-0.39, 0.29) is 37.0 Å². The topological polar surface area (TPSA) is 66.5 Å². The van der Waals surface area contributed by atoms with Gasteiger partial charge in [0.1, 0.15) is 0 Å². The predicted molar refractivity (Wildman–Crippen MR) is 106 cm³/mol. The maximum absolute atomic E-state index is 12.9. The zero-order valence-corrected chi connectivity index (χ0v) is 16.9. The normalized spacial score (nSPS) is 13.0. The Morgan fingerprint density at radius 2 is 1.76 bits per heavy atom. The van der Waals surface area contributed by atoms with Crippen molar-refractivity contribution >= 4 is 21.6 Å². The molecule has 0 spiro atoms. The van der Waals surface area contributed by atoms with Crippen molar-refractivity contribution in [3.8, 4) is 0 Å². The Bertz CT molecular complexity index is 931. The van der Waals surface area contributed by atoms with Gasteiger partial charge in [-0.2, -0.15) is 13.2 Å². The minimum Gasteiger partial charge on any atom is -0.350 e. The van der Waals surface area contributed by atoms with Gasteiger partial charge in [-0.15, -0.1) is 0 Å². The van der Waals surface area contributed by atoms with Crippen molar-refractivity contribution in [3.05, 3.63) is 65.7 Å². The summed E-state index contributed by atoms with van der Waals surface area (Å²) >= 11 is 0. The van der Waals surface area contributed by atoms with Crippen LogP contribution in [0.4, 0.5) is 18.9 Å². The van der Waals surface area contributed by atoms with Crippen LogP contribution in [-0.2, 0) is 21.0 Å². The van der Waals surface area contributed by atoms with Crippen molar-refractivity contribution in [1.29, 1.82) is 0 Å². The summed E-state index contributed by atoms with van der Waals surface area (Å²) in [5.74, 6) is -0.265. The lowest BCUT2D eigenvalue weighted by Gasteiger charge is -2.23. The van der Waals surface area contributed by atoms with Crippen LogP contribution in [0.1, 0.15) is 36.9 Å². The van der Waals surface area contributed by atoms with E-state index < -0.39 is 21.8 Å². The third-order valence-electron chi connectivity index (χ3n) is 4.30. The number of carbonyl (C=O) groups is 1. The highest BCUT2D eigenvalue weighted by molar-refractivity contribution is 7.92. The van der Waals surface area contributed by atoms with Gasteiger partial charge in [-0.1, -0.05) is 36.4 Å². The molecule has 1 N–H and O–H groups in total. The zero-order valence-electron chi connectivity index (χ0n) is 16.1. The molecule has 0 radical (unpaired) electrons. The first-order valence-electron chi connectivity index (χ1n) is 8.98. The number of nitrogens with one attached hydrogen (secondary N) is 1. The van der Waals surface area contributed by atoms with Crippen LogP contribution in [0.15, 0.2) is 54.6 Å². The standard InChI is InChI=1S/C20H23F3N2O3S/c1-15(16-8-4-3-5-9-16)24-19(26)12-7-13-25(29(2,27)28)18-11-6-10-17(14-18)20(21,22)23/h3-6,8-11,14-15H,7,12-13H2,1-2H3,(H,24,26). The Balaban J connectivity index is 2.01. The smallest absolute Gasteiger partial charge is 0.350 e. The molecular formula is C20H23F3N2O3S. The molecular weight excluding hydrogens is 405 g/mol. The number of rotatable bonds is 8. The van der Waals surface area contributed by atoms with E-state index in [0.717, 1.165) is 34.3 Å². The van der Waals surface area contributed by atoms with Crippen molar-refractivity contribution < 1.29 is 26.4 Å². The molecule has 2 aromatic carbocycles. The Morgan fingerprint density at radius 1 is 1.10 bits per heavy atom. The highest BCUT2D eigenvalue weighted by atomic mass is 32.2. The number of benzene rings is 2. The van der Waals surface area contributed by atoms with Crippen LogP contribution in [0.3, 0.4) is 0 Å². The van der Waals surface area contributed by atoms with Crippen LogP contribution in [0.2, 0.25) is 0 Å². The molecule has 0 fully saturated rings. The van der Waals surface area contributed by atoms with Gasteiger partial charge < -0.3 is 5.32 Å². The van der Waals surface area contributed by atoms with E-state index in [4.69, 9.17) is 0 Å². The molecule has 1 amide bonds. The summed E-state index contributed by atoms with van der Waals surface area (Å²) in [7, 11) is -3.81. The number of nitrogens with zero attached hydrogens (tertiary/aromatic N) is 1. The SMILES string of the molecule is CC(NC(=O)CCCN(c1cccc(C(F)(F)F)c1)S(C)(=O)=O)c1ccccc1. The molecule has 2 rings (SSSR count). The quantitative estimate of drug-likeness (QED) is 0.688. The fourth-order valence-corrected chi connectivity index (χ4v) is 3.80. The Morgan fingerprint density at radius 3 is 2.34 bits per heavy atom. The van der Waals surface area contributed by atoms with E-state index in [9.17, 15) is 26.4 Å². The van der Waals surface area contributed by atoms with E-state index in [2.05, 4.69) is 5.32 Å². The van der Waals surface area contributed by atoms with Gasteiger partial charge in [0.15, 0.2) is 0 Å². The second-order valence-corrected chi connectivity index (χ2v) is 8.59. The first-order valence-corrected chi connectivity index (χ1v) is 10.8. The Kier molecular flexibility index (Phi) is 7.29. The number of hydrogen-bond acceptors (Lipinski definition) is 3. The minimum atomic E-state index is -4.58. The lowest BCUT2D eigenvalue weighted by Crippen LogP contribution is -2.32. The molecule has 2 aromatic rings. The number of halogens is 3. The lowest BCUT2D eigenvalue weighted by atomic mass is 10.1. The summed E-state index contributed by atoms with van der Waals surface area (Å²) in [6, 6.07) is 13.3. The summed E-state index contributed by atoms with van der Waals surface area (Å²) in [6.07, 6.45) is -3.45. The first kappa shape index (κ1) is 22.7. The monoisotopic (exact) mass is 428 g/mol. The number of carbonyl (C=O) groups excluding carboxylic acids is 1. The molecule has 0 aromatic heterocycles. The fraction of sp³-hybridized carbons (Fsp3) is 0.350. The van der Waals surface area contributed by atoms with E-state index in [1.807, 2.05) is 37.3 Å². The van der Waals surface area contributed by atoms with Gasteiger partial charge in [-0.3, -0.25) is 9.10 Å². The molecule has 158 valence electrons. The summed E-state index contributed by atoms with van der Waals surface area (Å²) in [4.78, 5) is 12.2. The zero-order chi connectivity index (χ0) is 21.7. The van der Waals surface area contributed by atoms with Gasteiger partial charge in [0.05, 0.1) is 23.5 Å². The molecule has 0 aliphatic carbocycles. The van der Waals surface area contributed by atoms with Crippen molar-refractivity contribution in [1.82, 2.24) is 5.32 Å². The molecule has 1 unspecified atom stereocenters. The molecule has 0 bridgehead atoms. The van der Waals surface area contributed by atoms with E-state index in [0.29, 0.717) is 0 Å². The largest absolute Gasteiger partial charge is 0.416 e. The first-order chi connectivity index (χ1) is 13.5. The molecule has 0 aliphatic heterocycles.